The van der Waals surface area contributed by atoms with Gasteiger partial charge in [0.05, 0.1) is 16.6 Å². The van der Waals surface area contributed by atoms with Crippen LogP contribution in [0.1, 0.15) is 10.4 Å². The van der Waals surface area contributed by atoms with Gasteiger partial charge in [-0.1, -0.05) is 0 Å². The molecule has 9 nitrogen and oxygen atoms in total. The van der Waals surface area contributed by atoms with Crippen molar-refractivity contribution in [1.82, 2.24) is 5.32 Å². The molecule has 20 heavy (non-hydrogen) atoms. The summed E-state index contributed by atoms with van der Waals surface area (Å²) in [6.45, 7) is -0.725. The summed E-state index contributed by atoms with van der Waals surface area (Å²) in [6, 6.07) is 4.74. The summed E-state index contributed by atoms with van der Waals surface area (Å²) < 4.78 is 4.94. The summed E-state index contributed by atoms with van der Waals surface area (Å²) in [5, 5.41) is 30.0. The van der Waals surface area contributed by atoms with Gasteiger partial charge in [-0.25, -0.2) is 4.79 Å². The van der Waals surface area contributed by atoms with Crippen molar-refractivity contribution < 1.29 is 24.4 Å². The van der Waals surface area contributed by atoms with E-state index >= 15 is 0 Å². The van der Waals surface area contributed by atoms with Gasteiger partial charge >= 0.3 is 11.7 Å². The highest BCUT2D eigenvalue weighted by Gasteiger charge is 2.19. The average Bonchev–Trinajstić information content (AvgIpc) is 2.42. The van der Waals surface area contributed by atoms with E-state index in [0.29, 0.717) is 0 Å². The highest BCUT2D eigenvalue weighted by Crippen LogP contribution is 2.27. The number of hydrogen-bond donors (Lipinski definition) is 2. The maximum Gasteiger partial charge on any atom is 0.335 e. The van der Waals surface area contributed by atoms with Crippen molar-refractivity contribution in [3.63, 3.8) is 0 Å². The van der Waals surface area contributed by atoms with Crippen LogP contribution in [0, 0.1) is 21.4 Å². The van der Waals surface area contributed by atoms with Crippen LogP contribution in [-0.4, -0.2) is 35.1 Å². The normalized spacial score (nSPS) is 9.35. The monoisotopic (exact) mass is 279 g/mol. The first-order chi connectivity index (χ1) is 9.45. The number of nitriles is 1. The molecule has 0 radical (unpaired) electrons. The van der Waals surface area contributed by atoms with E-state index in [0.717, 1.165) is 18.2 Å². The minimum atomic E-state index is -1.31. The maximum absolute atomic E-state index is 11.2. The molecule has 0 fully saturated rings. The molecule has 0 atom stereocenters. The highest BCUT2D eigenvalue weighted by atomic mass is 16.6. The van der Waals surface area contributed by atoms with Gasteiger partial charge in [-0.15, -0.1) is 0 Å². The molecule has 1 aromatic carbocycles. The van der Waals surface area contributed by atoms with Gasteiger partial charge in [0.1, 0.15) is 6.54 Å². The number of nitro groups is 1. The van der Waals surface area contributed by atoms with Crippen LogP contribution in [0.2, 0.25) is 0 Å². The Morgan fingerprint density at radius 2 is 2.20 bits per heavy atom. The number of carboxylic acids is 1. The number of hydrogen-bond acceptors (Lipinski definition) is 6. The zero-order valence-corrected chi connectivity index (χ0v) is 10.0. The summed E-state index contributed by atoms with van der Waals surface area (Å²) in [4.78, 5) is 31.9. The summed E-state index contributed by atoms with van der Waals surface area (Å²) in [7, 11) is 0. The van der Waals surface area contributed by atoms with Crippen LogP contribution >= 0.6 is 0 Å². The van der Waals surface area contributed by atoms with E-state index in [4.69, 9.17) is 15.1 Å². The molecule has 1 amide bonds. The molecule has 0 heterocycles. The molecule has 0 aliphatic carbocycles. The summed E-state index contributed by atoms with van der Waals surface area (Å²) in [5.41, 5.74) is -0.823. The molecule has 1 aromatic rings. The molecule has 0 aliphatic heterocycles. The number of nitro benzene ring substituents is 1. The summed E-state index contributed by atoms with van der Waals surface area (Å²) >= 11 is 0. The second-order valence-electron chi connectivity index (χ2n) is 3.47. The van der Waals surface area contributed by atoms with E-state index in [2.05, 4.69) is 5.32 Å². The van der Waals surface area contributed by atoms with Gasteiger partial charge < -0.3 is 15.2 Å². The maximum atomic E-state index is 11.2. The fourth-order valence-corrected chi connectivity index (χ4v) is 1.25. The molecule has 9 heteroatoms. The molecule has 0 bridgehead atoms. The first-order valence-corrected chi connectivity index (χ1v) is 5.24. The summed E-state index contributed by atoms with van der Waals surface area (Å²) in [5.74, 6) is -2.17. The second-order valence-corrected chi connectivity index (χ2v) is 3.47. The van der Waals surface area contributed by atoms with Crippen molar-refractivity contribution >= 4 is 17.6 Å². The van der Waals surface area contributed by atoms with Gasteiger partial charge in [0.15, 0.2) is 12.4 Å². The van der Waals surface area contributed by atoms with E-state index in [-0.39, 0.29) is 17.9 Å². The number of carboxylic acid groups (broad SMARTS) is 1. The Bertz CT molecular complexity index is 592. The molecule has 2 N–H and O–H groups in total. The van der Waals surface area contributed by atoms with Gasteiger partial charge in [-0.3, -0.25) is 14.9 Å². The molecular formula is C11H9N3O6. The van der Waals surface area contributed by atoms with Crippen LogP contribution in [-0.2, 0) is 4.79 Å². The van der Waals surface area contributed by atoms with E-state index < -0.39 is 29.1 Å². The molecule has 0 aliphatic rings. The minimum Gasteiger partial charge on any atom is -0.478 e. The van der Waals surface area contributed by atoms with Crippen LogP contribution in [0.25, 0.3) is 0 Å². The number of aromatic carboxylic acids is 1. The molecule has 0 unspecified atom stereocenters. The molecule has 104 valence electrons. The lowest BCUT2D eigenvalue weighted by molar-refractivity contribution is -0.385. The van der Waals surface area contributed by atoms with E-state index in [1.54, 1.807) is 6.07 Å². The second kappa shape index (κ2) is 6.69. The van der Waals surface area contributed by atoms with Crippen molar-refractivity contribution in [2.75, 3.05) is 13.2 Å². The lowest BCUT2D eigenvalue weighted by Crippen LogP contribution is -2.29. The van der Waals surface area contributed by atoms with Crippen molar-refractivity contribution in [3.8, 4) is 11.8 Å². The number of amides is 1. The van der Waals surface area contributed by atoms with Crippen molar-refractivity contribution in [3.05, 3.63) is 33.9 Å². The number of rotatable bonds is 6. The minimum absolute atomic E-state index is 0.206. The number of carbonyl (C=O) groups is 2. The Hall–Kier alpha value is -3.15. The Morgan fingerprint density at radius 1 is 1.50 bits per heavy atom. The Morgan fingerprint density at radius 3 is 2.75 bits per heavy atom. The van der Waals surface area contributed by atoms with E-state index in [1.807, 2.05) is 0 Å². The van der Waals surface area contributed by atoms with Crippen molar-refractivity contribution in [1.29, 1.82) is 5.26 Å². The number of carbonyl (C=O) groups excluding carboxylic acids is 1. The fourth-order valence-electron chi connectivity index (χ4n) is 1.25. The third kappa shape index (κ3) is 3.95. The number of benzene rings is 1. The Balaban J connectivity index is 2.85. The highest BCUT2D eigenvalue weighted by molar-refractivity contribution is 5.89. The zero-order valence-electron chi connectivity index (χ0n) is 10.0. The van der Waals surface area contributed by atoms with Gasteiger partial charge in [-0.05, 0) is 12.1 Å². The number of nitrogens with zero attached hydrogens (tertiary/aromatic N) is 2. The van der Waals surface area contributed by atoms with E-state index in [9.17, 15) is 19.7 Å². The van der Waals surface area contributed by atoms with Crippen LogP contribution in [0.15, 0.2) is 18.2 Å². The zero-order chi connectivity index (χ0) is 15.1. The van der Waals surface area contributed by atoms with Crippen molar-refractivity contribution in [2.45, 2.75) is 0 Å². The third-order valence-electron chi connectivity index (χ3n) is 2.13. The molecule has 1 rings (SSSR count). The summed E-state index contributed by atoms with van der Waals surface area (Å²) in [6.07, 6.45) is 0. The first kappa shape index (κ1) is 14.9. The molecule has 0 saturated carbocycles. The van der Waals surface area contributed by atoms with Gasteiger partial charge in [0, 0.05) is 6.07 Å². The number of ether oxygens (including phenoxy) is 1. The Kier molecular flexibility index (Phi) is 4.99. The van der Waals surface area contributed by atoms with E-state index in [1.165, 1.54) is 0 Å². The third-order valence-corrected chi connectivity index (χ3v) is 2.13. The predicted octanol–water partition coefficient (Wildman–Crippen LogP) is 0.312. The van der Waals surface area contributed by atoms with Gasteiger partial charge in [0.25, 0.3) is 5.91 Å². The van der Waals surface area contributed by atoms with Gasteiger partial charge in [0.2, 0.25) is 0 Å². The molecule has 0 saturated heterocycles. The predicted molar refractivity (Wildman–Crippen MR) is 64.2 cm³/mol. The van der Waals surface area contributed by atoms with Crippen LogP contribution in [0.5, 0.6) is 5.75 Å². The molecular weight excluding hydrogens is 270 g/mol. The first-order valence-electron chi connectivity index (χ1n) is 5.24. The topological polar surface area (TPSA) is 143 Å². The largest absolute Gasteiger partial charge is 0.478 e. The lowest BCUT2D eigenvalue weighted by Gasteiger charge is -2.06. The van der Waals surface area contributed by atoms with Crippen LogP contribution in [0.3, 0.4) is 0 Å². The number of nitrogens with one attached hydrogen (secondary N) is 1. The fraction of sp³-hybridized carbons (Fsp3) is 0.182. The quantitative estimate of drug-likeness (QED) is 0.433. The molecule has 0 spiro atoms. The SMILES string of the molecule is N#CCNC(=O)COc1ccc(C(=O)O)cc1[N+](=O)[O-]. The smallest absolute Gasteiger partial charge is 0.335 e. The van der Waals surface area contributed by atoms with Crippen molar-refractivity contribution in [2.24, 2.45) is 0 Å². The standard InChI is InChI=1S/C11H9N3O6/c12-3-4-13-10(15)6-20-9-2-1-7(11(16)17)5-8(9)14(18)19/h1-2,5H,4,6H2,(H,13,15)(H,16,17). The van der Waals surface area contributed by atoms with Crippen LogP contribution < -0.4 is 10.1 Å². The van der Waals surface area contributed by atoms with Gasteiger partial charge in [-0.2, -0.15) is 5.26 Å². The average molecular weight is 279 g/mol. The lowest BCUT2D eigenvalue weighted by atomic mass is 10.2. The molecule has 0 aromatic heterocycles. The Labute approximate surface area is 112 Å². The van der Waals surface area contributed by atoms with Crippen LogP contribution in [0.4, 0.5) is 5.69 Å².